The molecule has 1 amide bonds. The molecule has 0 radical (unpaired) electrons. The van der Waals surface area contributed by atoms with Crippen molar-refractivity contribution in [3.8, 4) is 5.75 Å². The molecule has 1 aliphatic heterocycles. The van der Waals surface area contributed by atoms with E-state index in [4.69, 9.17) is 4.74 Å². The van der Waals surface area contributed by atoms with Crippen LogP contribution in [0.4, 0.5) is 5.69 Å². The maximum atomic E-state index is 12.1. The summed E-state index contributed by atoms with van der Waals surface area (Å²) in [7, 11) is 1.69. The van der Waals surface area contributed by atoms with Gasteiger partial charge in [0.1, 0.15) is 5.75 Å². The summed E-state index contributed by atoms with van der Waals surface area (Å²) in [4.78, 5) is 16.8. The van der Waals surface area contributed by atoms with Gasteiger partial charge in [-0.1, -0.05) is 6.07 Å². The molecule has 2 aliphatic rings. The second-order valence-electron chi connectivity index (χ2n) is 6.18. The lowest BCUT2D eigenvalue weighted by Crippen LogP contribution is -2.54. The minimum atomic E-state index is -0.0342. The first-order valence-corrected chi connectivity index (χ1v) is 8.11. The SMILES string of the molecule is COc1cccc(N2CCN([C@H](C)C(=O)NC3CC3)CC2)c1. The van der Waals surface area contributed by atoms with Crippen molar-refractivity contribution in [3.05, 3.63) is 24.3 Å². The standard InChI is InChI=1S/C17H25N3O2/c1-13(17(21)18-14-6-7-14)19-8-10-20(11-9-19)15-4-3-5-16(12-15)22-2/h3-5,12-14H,6-11H2,1-2H3,(H,18,21)/t13-/m1/s1. The molecule has 1 aromatic carbocycles. The largest absolute Gasteiger partial charge is 0.497 e. The Hall–Kier alpha value is -1.75. The van der Waals surface area contributed by atoms with Crippen LogP contribution < -0.4 is 15.0 Å². The number of methoxy groups -OCH3 is 1. The third kappa shape index (κ3) is 3.53. The van der Waals surface area contributed by atoms with Crippen molar-refractivity contribution < 1.29 is 9.53 Å². The molecule has 2 fully saturated rings. The van der Waals surface area contributed by atoms with Gasteiger partial charge in [-0.15, -0.1) is 0 Å². The first kappa shape index (κ1) is 15.2. The van der Waals surface area contributed by atoms with E-state index in [-0.39, 0.29) is 11.9 Å². The van der Waals surface area contributed by atoms with E-state index in [9.17, 15) is 4.79 Å². The van der Waals surface area contributed by atoms with Crippen molar-refractivity contribution in [2.75, 3.05) is 38.2 Å². The fraction of sp³-hybridized carbons (Fsp3) is 0.588. The zero-order chi connectivity index (χ0) is 15.5. The molecule has 1 aliphatic carbocycles. The van der Waals surface area contributed by atoms with Gasteiger partial charge >= 0.3 is 0 Å². The Morgan fingerprint density at radius 2 is 2.00 bits per heavy atom. The van der Waals surface area contributed by atoms with Crippen LogP contribution in [0.1, 0.15) is 19.8 Å². The fourth-order valence-corrected chi connectivity index (χ4v) is 2.89. The third-order valence-corrected chi connectivity index (χ3v) is 4.58. The zero-order valence-corrected chi connectivity index (χ0v) is 13.4. The van der Waals surface area contributed by atoms with Gasteiger partial charge in [0.15, 0.2) is 0 Å². The van der Waals surface area contributed by atoms with Crippen LogP contribution in [0, 0.1) is 0 Å². The van der Waals surface area contributed by atoms with Crippen LogP contribution in [0.5, 0.6) is 5.75 Å². The van der Waals surface area contributed by atoms with E-state index in [2.05, 4.69) is 27.2 Å². The number of carbonyl (C=O) groups is 1. The lowest BCUT2D eigenvalue weighted by Gasteiger charge is -2.38. The van der Waals surface area contributed by atoms with E-state index in [0.29, 0.717) is 6.04 Å². The second kappa shape index (κ2) is 6.57. The molecule has 1 aromatic rings. The monoisotopic (exact) mass is 303 g/mol. The Balaban J connectivity index is 1.53. The van der Waals surface area contributed by atoms with Gasteiger partial charge in [-0.05, 0) is 31.9 Å². The topological polar surface area (TPSA) is 44.8 Å². The summed E-state index contributed by atoms with van der Waals surface area (Å²) in [5.41, 5.74) is 1.19. The summed E-state index contributed by atoms with van der Waals surface area (Å²) in [6.07, 6.45) is 2.28. The van der Waals surface area contributed by atoms with Gasteiger partial charge in [0.25, 0.3) is 0 Å². The average Bonchev–Trinajstić information content (AvgIpc) is 3.38. The first-order chi connectivity index (χ1) is 10.7. The number of rotatable bonds is 5. The smallest absolute Gasteiger partial charge is 0.237 e. The van der Waals surface area contributed by atoms with Gasteiger partial charge in [-0.25, -0.2) is 0 Å². The van der Waals surface area contributed by atoms with Crippen molar-refractivity contribution in [1.29, 1.82) is 0 Å². The highest BCUT2D eigenvalue weighted by molar-refractivity contribution is 5.81. The molecule has 0 aromatic heterocycles. The number of hydrogen-bond donors (Lipinski definition) is 1. The predicted molar refractivity (Wildman–Crippen MR) is 87.4 cm³/mol. The number of hydrogen-bond acceptors (Lipinski definition) is 4. The summed E-state index contributed by atoms with van der Waals surface area (Å²) in [6.45, 7) is 5.72. The van der Waals surface area contributed by atoms with E-state index in [0.717, 1.165) is 44.8 Å². The summed E-state index contributed by atoms with van der Waals surface area (Å²) in [6, 6.07) is 8.57. The van der Waals surface area contributed by atoms with Gasteiger partial charge in [-0.2, -0.15) is 0 Å². The zero-order valence-electron chi connectivity index (χ0n) is 13.4. The van der Waals surface area contributed by atoms with Crippen molar-refractivity contribution >= 4 is 11.6 Å². The van der Waals surface area contributed by atoms with Gasteiger partial charge in [0.2, 0.25) is 5.91 Å². The van der Waals surface area contributed by atoms with E-state index in [1.165, 1.54) is 5.69 Å². The van der Waals surface area contributed by atoms with Gasteiger partial charge in [-0.3, -0.25) is 9.69 Å². The molecule has 1 saturated heterocycles. The van der Waals surface area contributed by atoms with Crippen LogP contribution in [0.3, 0.4) is 0 Å². The fourth-order valence-electron chi connectivity index (χ4n) is 2.89. The number of nitrogens with zero attached hydrogens (tertiary/aromatic N) is 2. The van der Waals surface area contributed by atoms with E-state index >= 15 is 0 Å². The molecule has 1 atom stereocenters. The maximum absolute atomic E-state index is 12.1. The Kier molecular flexibility index (Phi) is 4.52. The number of benzene rings is 1. The molecule has 1 heterocycles. The molecule has 0 spiro atoms. The summed E-state index contributed by atoms with van der Waals surface area (Å²) < 4.78 is 5.29. The van der Waals surface area contributed by atoms with Crippen LogP contribution in [-0.2, 0) is 4.79 Å². The van der Waals surface area contributed by atoms with Crippen molar-refractivity contribution in [2.24, 2.45) is 0 Å². The molecular weight excluding hydrogens is 278 g/mol. The average molecular weight is 303 g/mol. The molecule has 1 N–H and O–H groups in total. The Morgan fingerprint density at radius 1 is 1.27 bits per heavy atom. The second-order valence-corrected chi connectivity index (χ2v) is 6.18. The first-order valence-electron chi connectivity index (χ1n) is 8.11. The molecule has 3 rings (SSSR count). The Labute approximate surface area is 132 Å². The van der Waals surface area contributed by atoms with E-state index in [1.807, 2.05) is 19.1 Å². The molecule has 1 saturated carbocycles. The number of nitrogens with one attached hydrogen (secondary N) is 1. The quantitative estimate of drug-likeness (QED) is 0.895. The minimum Gasteiger partial charge on any atom is -0.497 e. The van der Waals surface area contributed by atoms with Crippen molar-refractivity contribution in [3.63, 3.8) is 0 Å². The van der Waals surface area contributed by atoms with Crippen LogP contribution in [0.15, 0.2) is 24.3 Å². The lowest BCUT2D eigenvalue weighted by atomic mass is 10.2. The lowest BCUT2D eigenvalue weighted by molar-refractivity contribution is -0.126. The Morgan fingerprint density at radius 3 is 2.64 bits per heavy atom. The van der Waals surface area contributed by atoms with Crippen molar-refractivity contribution in [1.82, 2.24) is 10.2 Å². The van der Waals surface area contributed by atoms with Gasteiger partial charge in [0.05, 0.1) is 13.2 Å². The summed E-state index contributed by atoms with van der Waals surface area (Å²) in [5, 5.41) is 3.10. The normalized spacial score (nSPS) is 20.5. The van der Waals surface area contributed by atoms with E-state index in [1.54, 1.807) is 7.11 Å². The minimum absolute atomic E-state index is 0.0342. The number of carbonyl (C=O) groups excluding carboxylic acids is 1. The summed E-state index contributed by atoms with van der Waals surface area (Å²) >= 11 is 0. The van der Waals surface area contributed by atoms with Crippen LogP contribution in [-0.4, -0.2) is 56.2 Å². The molecule has 5 nitrogen and oxygen atoms in total. The molecule has 22 heavy (non-hydrogen) atoms. The van der Waals surface area contributed by atoms with Crippen LogP contribution in [0.2, 0.25) is 0 Å². The third-order valence-electron chi connectivity index (χ3n) is 4.58. The molecule has 0 bridgehead atoms. The number of amides is 1. The highest BCUT2D eigenvalue weighted by Crippen LogP contribution is 2.23. The number of anilines is 1. The molecule has 5 heteroatoms. The van der Waals surface area contributed by atoms with Gasteiger partial charge in [0, 0.05) is 44.0 Å². The summed E-state index contributed by atoms with van der Waals surface area (Å²) in [5.74, 6) is 1.06. The number of piperazine rings is 1. The highest BCUT2D eigenvalue weighted by Gasteiger charge is 2.30. The van der Waals surface area contributed by atoms with Gasteiger partial charge < -0.3 is 15.0 Å². The molecule has 0 unspecified atom stereocenters. The highest BCUT2D eigenvalue weighted by atomic mass is 16.5. The van der Waals surface area contributed by atoms with Crippen molar-refractivity contribution in [2.45, 2.75) is 31.8 Å². The predicted octanol–water partition coefficient (Wildman–Crippen LogP) is 1.48. The molecule has 120 valence electrons. The van der Waals surface area contributed by atoms with Crippen LogP contribution in [0.25, 0.3) is 0 Å². The maximum Gasteiger partial charge on any atom is 0.237 e. The number of ether oxygens (including phenoxy) is 1. The van der Waals surface area contributed by atoms with E-state index < -0.39 is 0 Å². The van der Waals surface area contributed by atoms with Crippen LogP contribution >= 0.6 is 0 Å². The molecular formula is C17H25N3O2. The Bertz CT molecular complexity index is 522.